The van der Waals surface area contributed by atoms with E-state index in [0.29, 0.717) is 19.7 Å². The largest absolute Gasteiger partial charge is 0.409 e. The van der Waals surface area contributed by atoms with Gasteiger partial charge in [0.1, 0.15) is 0 Å². The smallest absolute Gasteiger partial charge is 0.315 e. The summed E-state index contributed by atoms with van der Waals surface area (Å²) in [4.78, 5) is 28.8. The van der Waals surface area contributed by atoms with E-state index in [1.165, 1.54) is 10.5 Å². The molecule has 0 aromatic heterocycles. The summed E-state index contributed by atoms with van der Waals surface area (Å²) in [7, 11) is -1.91. The maximum Gasteiger partial charge on any atom is 0.315 e. The van der Waals surface area contributed by atoms with Crippen molar-refractivity contribution >= 4 is 37.7 Å². The average Bonchev–Trinajstić information content (AvgIpc) is 3.45. The van der Waals surface area contributed by atoms with Gasteiger partial charge in [-0.1, -0.05) is 45.0 Å². The molecule has 42 heavy (non-hydrogen) atoms. The molecule has 0 unspecified atom stereocenters. The molecule has 0 spiro atoms. The number of benzene rings is 2. The first-order chi connectivity index (χ1) is 20.0. The molecule has 0 radical (unpaired) electrons. The maximum atomic E-state index is 13.1. The number of anilines is 1. The number of urea groups is 1. The highest BCUT2D eigenvalue weighted by atomic mass is 32.2. The number of likely N-dealkylation sites (tertiary alicyclic amines) is 1. The molecule has 5 rings (SSSR count). The van der Waals surface area contributed by atoms with Crippen LogP contribution in [0.1, 0.15) is 68.9 Å². The third kappa shape index (κ3) is 6.66. The van der Waals surface area contributed by atoms with E-state index in [1.54, 1.807) is 11.8 Å². The van der Waals surface area contributed by atoms with E-state index in [1.807, 2.05) is 23.1 Å². The highest BCUT2D eigenvalue weighted by Gasteiger charge is 2.44. The molecule has 228 valence electrons. The van der Waals surface area contributed by atoms with Gasteiger partial charge in [-0.15, -0.1) is 11.8 Å². The van der Waals surface area contributed by atoms with Crippen LogP contribution in [0.15, 0.2) is 47.4 Å². The first kappa shape index (κ1) is 30.9. The standard InChI is InChI=1S/C32H46N4O4SSi/c1-32(2,3)42(5,6)40-28-20-39-27-17-25(28)35-24-14-13-21(16-23(24)27)18-33-31(38)34-19-30(37)36-15-9-11-26(36)22-10-7-8-12-29(22)41-4/h7-8,10,12-14,16,25-28,35H,9,11,15,17-20H2,1-6H3,(H2,33,34,38)/t25-,26-,27-,28+/m0/s1. The van der Waals surface area contributed by atoms with E-state index in [0.717, 1.165) is 36.1 Å². The van der Waals surface area contributed by atoms with E-state index < -0.39 is 8.32 Å². The second-order valence-electron chi connectivity index (χ2n) is 13.2. The van der Waals surface area contributed by atoms with Crippen LogP contribution in [0.3, 0.4) is 0 Å². The van der Waals surface area contributed by atoms with Gasteiger partial charge in [-0.05, 0) is 66.6 Å². The van der Waals surface area contributed by atoms with Crippen molar-refractivity contribution in [2.24, 2.45) is 0 Å². The van der Waals surface area contributed by atoms with Crippen molar-refractivity contribution in [1.29, 1.82) is 0 Å². The van der Waals surface area contributed by atoms with Crippen LogP contribution in [0, 0.1) is 0 Å². The number of rotatable bonds is 8. The van der Waals surface area contributed by atoms with E-state index >= 15 is 0 Å². The van der Waals surface area contributed by atoms with Gasteiger partial charge in [-0.25, -0.2) is 4.79 Å². The number of nitrogens with zero attached hydrogens (tertiary/aromatic N) is 1. The summed E-state index contributed by atoms with van der Waals surface area (Å²) in [5, 5.41) is 9.53. The van der Waals surface area contributed by atoms with Gasteiger partial charge in [-0.3, -0.25) is 4.79 Å². The summed E-state index contributed by atoms with van der Waals surface area (Å²) in [5.74, 6) is -0.0525. The highest BCUT2D eigenvalue weighted by molar-refractivity contribution is 7.98. The van der Waals surface area contributed by atoms with Gasteiger partial charge in [0, 0.05) is 35.7 Å². The lowest BCUT2D eigenvalue weighted by Gasteiger charge is -2.47. The van der Waals surface area contributed by atoms with Crippen LogP contribution in [0.4, 0.5) is 10.5 Å². The molecule has 2 fully saturated rings. The summed E-state index contributed by atoms with van der Waals surface area (Å²) in [6.45, 7) is 13.0. The van der Waals surface area contributed by atoms with Gasteiger partial charge in [-0.2, -0.15) is 0 Å². The summed E-state index contributed by atoms with van der Waals surface area (Å²) >= 11 is 1.70. The molecule has 2 aromatic rings. The van der Waals surface area contributed by atoms with Crippen LogP contribution < -0.4 is 16.0 Å². The number of carbonyl (C=O) groups excluding carboxylic acids is 2. The molecule has 8 nitrogen and oxygen atoms in total. The maximum absolute atomic E-state index is 13.1. The first-order valence-corrected chi connectivity index (χ1v) is 19.2. The summed E-state index contributed by atoms with van der Waals surface area (Å²) < 4.78 is 13.0. The monoisotopic (exact) mass is 610 g/mol. The van der Waals surface area contributed by atoms with Crippen LogP contribution in [-0.2, 0) is 20.5 Å². The van der Waals surface area contributed by atoms with Crippen molar-refractivity contribution in [2.45, 2.75) is 93.9 Å². The van der Waals surface area contributed by atoms with Gasteiger partial charge in [0.15, 0.2) is 8.32 Å². The molecule has 3 amide bonds. The predicted octanol–water partition coefficient (Wildman–Crippen LogP) is 6.22. The molecule has 3 aliphatic rings. The SMILES string of the molecule is CSc1ccccc1[C@@H]1CCCN1C(=O)CNC(=O)NCc1ccc2c(c1)[C@@H]1C[C@H](N2)[C@H](O[Si](C)(C)C(C)(C)C)CO1. The second-order valence-corrected chi connectivity index (χ2v) is 18.8. The van der Waals surface area contributed by atoms with E-state index in [-0.39, 0.29) is 47.8 Å². The van der Waals surface area contributed by atoms with Gasteiger partial charge in [0.2, 0.25) is 5.91 Å². The normalized spacial score (nSPS) is 23.6. The van der Waals surface area contributed by atoms with E-state index in [4.69, 9.17) is 9.16 Å². The lowest BCUT2D eigenvalue weighted by atomic mass is 9.89. The summed E-state index contributed by atoms with van der Waals surface area (Å²) in [6, 6.07) is 14.4. The Labute approximate surface area is 255 Å². The van der Waals surface area contributed by atoms with Gasteiger partial charge >= 0.3 is 6.03 Å². The zero-order valence-corrected chi connectivity index (χ0v) is 27.6. The Morgan fingerprint density at radius 3 is 2.69 bits per heavy atom. The van der Waals surface area contributed by atoms with Crippen molar-refractivity contribution < 1.29 is 18.8 Å². The molecule has 0 aliphatic carbocycles. The predicted molar refractivity (Wildman–Crippen MR) is 171 cm³/mol. The lowest BCUT2D eigenvalue weighted by molar-refractivity contribution is -0.131. The zero-order chi connectivity index (χ0) is 30.1. The Morgan fingerprint density at radius 1 is 1.14 bits per heavy atom. The van der Waals surface area contributed by atoms with Crippen molar-refractivity contribution in [3.05, 3.63) is 59.2 Å². The molecular formula is C32H46N4O4SSi. The fourth-order valence-corrected chi connectivity index (χ4v) is 7.97. The summed E-state index contributed by atoms with van der Waals surface area (Å²) in [5.41, 5.74) is 4.38. The molecule has 2 bridgehead atoms. The van der Waals surface area contributed by atoms with Crippen molar-refractivity contribution in [3.63, 3.8) is 0 Å². The average molecular weight is 611 g/mol. The van der Waals surface area contributed by atoms with Crippen LogP contribution in [0.2, 0.25) is 18.1 Å². The number of hydrogen-bond donors (Lipinski definition) is 3. The van der Waals surface area contributed by atoms with Gasteiger partial charge in [0.25, 0.3) is 0 Å². The minimum Gasteiger partial charge on any atom is -0.409 e. The minimum atomic E-state index is -1.91. The minimum absolute atomic E-state index is 0.0153. The Bertz CT molecular complexity index is 1300. The van der Waals surface area contributed by atoms with E-state index in [2.05, 4.69) is 80.3 Å². The third-order valence-electron chi connectivity index (χ3n) is 9.36. The van der Waals surface area contributed by atoms with Crippen molar-refractivity contribution in [1.82, 2.24) is 15.5 Å². The molecule has 0 saturated carbocycles. The lowest BCUT2D eigenvalue weighted by Crippen LogP contribution is -2.54. The fourth-order valence-electron chi connectivity index (χ4n) is 5.97. The van der Waals surface area contributed by atoms with Crippen LogP contribution >= 0.6 is 11.8 Å². The molecule has 3 aliphatic heterocycles. The third-order valence-corrected chi connectivity index (χ3v) is 14.7. The molecule has 2 aromatic carbocycles. The number of hydrogen-bond acceptors (Lipinski definition) is 6. The van der Waals surface area contributed by atoms with Crippen LogP contribution in [0.25, 0.3) is 0 Å². The molecule has 10 heteroatoms. The molecule has 3 N–H and O–H groups in total. The number of carbonyl (C=O) groups is 2. The van der Waals surface area contributed by atoms with Crippen molar-refractivity contribution in [3.8, 4) is 0 Å². The van der Waals surface area contributed by atoms with Crippen molar-refractivity contribution in [2.75, 3.05) is 31.3 Å². The van der Waals surface area contributed by atoms with E-state index in [9.17, 15) is 9.59 Å². The Hall–Kier alpha value is -2.53. The molecular weight excluding hydrogens is 565 g/mol. The van der Waals surface area contributed by atoms with Gasteiger partial charge in [0.05, 0.1) is 37.4 Å². The zero-order valence-electron chi connectivity index (χ0n) is 25.8. The topological polar surface area (TPSA) is 91.9 Å². The number of fused-ring (bicyclic) bond motifs is 4. The Morgan fingerprint density at radius 2 is 1.93 bits per heavy atom. The quantitative estimate of drug-likeness (QED) is 0.243. The summed E-state index contributed by atoms with van der Waals surface area (Å²) in [6.07, 6.45) is 4.89. The molecule has 4 atom stereocenters. The second kappa shape index (κ2) is 12.6. The Kier molecular flexibility index (Phi) is 9.27. The number of amides is 3. The molecule has 2 saturated heterocycles. The van der Waals surface area contributed by atoms with Crippen LogP contribution in [-0.4, -0.2) is 63.3 Å². The Balaban J connectivity index is 1.13. The van der Waals surface area contributed by atoms with Crippen LogP contribution in [0.5, 0.6) is 0 Å². The highest BCUT2D eigenvalue weighted by Crippen LogP contribution is 2.43. The number of thioether (sulfide) groups is 1. The first-order valence-electron chi connectivity index (χ1n) is 15.1. The fraction of sp³-hybridized carbons (Fsp3) is 0.562. The number of nitrogens with one attached hydrogen (secondary N) is 3. The number of ether oxygens (including phenoxy) is 1. The van der Waals surface area contributed by atoms with Gasteiger partial charge < -0.3 is 30.0 Å². The molecule has 3 heterocycles.